The molecule has 1 fully saturated rings. The number of thioether (sulfide) groups is 1. The van der Waals surface area contributed by atoms with Gasteiger partial charge in [-0.1, -0.05) is 5.16 Å². The molecule has 1 amide bonds. The van der Waals surface area contributed by atoms with Crippen LogP contribution in [0.3, 0.4) is 0 Å². The number of carbonyl (C=O) groups excluding carboxylic acids is 1. The Labute approximate surface area is 131 Å². The number of carbonyl (C=O) groups is 1. The summed E-state index contributed by atoms with van der Waals surface area (Å²) in [7, 11) is 0. The smallest absolute Gasteiger partial charge is 0.255 e. The van der Waals surface area contributed by atoms with Crippen LogP contribution < -0.4 is 5.32 Å². The van der Waals surface area contributed by atoms with Gasteiger partial charge < -0.3 is 14.6 Å². The molecule has 3 rings (SSSR count). The Bertz CT molecular complexity index is 655. The summed E-state index contributed by atoms with van der Waals surface area (Å²) in [5.74, 6) is 0.710. The van der Waals surface area contributed by atoms with Crippen molar-refractivity contribution < 1.29 is 14.1 Å². The maximum Gasteiger partial charge on any atom is 0.255 e. The molecule has 0 radical (unpaired) electrons. The minimum atomic E-state index is -0.207. The maximum atomic E-state index is 12.2. The van der Waals surface area contributed by atoms with Crippen LogP contribution in [-0.2, 0) is 11.3 Å². The van der Waals surface area contributed by atoms with Crippen LogP contribution in [-0.4, -0.2) is 33.9 Å². The topological polar surface area (TPSA) is 90.1 Å². The third-order valence-electron chi connectivity index (χ3n) is 3.31. The van der Waals surface area contributed by atoms with Crippen LogP contribution in [0.4, 0.5) is 0 Å². The number of nitrogens with zero attached hydrogens (tertiary/aromatic N) is 3. The van der Waals surface area contributed by atoms with Crippen molar-refractivity contribution in [1.82, 2.24) is 20.4 Å². The first kappa shape index (κ1) is 15.0. The second-order valence-corrected chi connectivity index (χ2v) is 5.59. The molecule has 7 nitrogen and oxygen atoms in total. The zero-order valence-electron chi connectivity index (χ0n) is 12.1. The molecular weight excluding hydrogens is 304 g/mol. The number of ether oxygens (including phenoxy) is 1. The lowest BCUT2D eigenvalue weighted by molar-refractivity contribution is 0.0835. The zero-order valence-corrected chi connectivity index (χ0v) is 12.9. The molecule has 1 N–H and O–H groups in total. The van der Waals surface area contributed by atoms with E-state index in [0.29, 0.717) is 22.3 Å². The molecule has 3 heterocycles. The van der Waals surface area contributed by atoms with E-state index >= 15 is 0 Å². The average molecular weight is 320 g/mol. The summed E-state index contributed by atoms with van der Waals surface area (Å²) in [4.78, 5) is 20.6. The van der Waals surface area contributed by atoms with E-state index in [-0.39, 0.29) is 18.6 Å². The molecule has 2 aromatic heterocycles. The van der Waals surface area contributed by atoms with Crippen molar-refractivity contribution in [2.75, 3.05) is 12.9 Å². The van der Waals surface area contributed by atoms with Gasteiger partial charge in [0.25, 0.3) is 11.8 Å². The quantitative estimate of drug-likeness (QED) is 0.842. The summed E-state index contributed by atoms with van der Waals surface area (Å²) >= 11 is 1.43. The number of amides is 1. The standard InChI is InChI=1S/C14H16N4O3S/c1-22-14-9(4-2-6-15-14)12(19)16-8-11-17-13(21-18-11)10-5-3-7-20-10/h2,4,6,10H,3,5,7-8H2,1H3,(H,16,19)/t10-/m1/s1. The Hall–Kier alpha value is -1.93. The van der Waals surface area contributed by atoms with Gasteiger partial charge in [-0.2, -0.15) is 4.98 Å². The van der Waals surface area contributed by atoms with Crippen molar-refractivity contribution in [1.29, 1.82) is 0 Å². The fourth-order valence-electron chi connectivity index (χ4n) is 2.22. The molecular formula is C14H16N4O3S. The summed E-state index contributed by atoms with van der Waals surface area (Å²) in [6.45, 7) is 0.926. The van der Waals surface area contributed by atoms with Crippen molar-refractivity contribution in [2.45, 2.75) is 30.5 Å². The highest BCUT2D eigenvalue weighted by Gasteiger charge is 2.24. The van der Waals surface area contributed by atoms with Gasteiger partial charge in [0, 0.05) is 12.8 Å². The van der Waals surface area contributed by atoms with Gasteiger partial charge in [-0.05, 0) is 31.2 Å². The van der Waals surface area contributed by atoms with Crippen LogP contribution >= 0.6 is 11.8 Å². The highest BCUT2D eigenvalue weighted by atomic mass is 32.2. The third-order valence-corrected chi connectivity index (χ3v) is 4.02. The molecule has 0 aromatic carbocycles. The lowest BCUT2D eigenvalue weighted by Gasteiger charge is -2.05. The van der Waals surface area contributed by atoms with E-state index in [9.17, 15) is 4.79 Å². The largest absolute Gasteiger partial charge is 0.368 e. The first-order valence-electron chi connectivity index (χ1n) is 6.99. The first-order chi connectivity index (χ1) is 10.8. The van der Waals surface area contributed by atoms with Crippen LogP contribution in [0.2, 0.25) is 0 Å². The van der Waals surface area contributed by atoms with Crippen LogP contribution in [0.15, 0.2) is 27.9 Å². The number of rotatable bonds is 5. The normalized spacial score (nSPS) is 17.6. The molecule has 1 aliphatic heterocycles. The van der Waals surface area contributed by atoms with Crippen molar-refractivity contribution in [3.63, 3.8) is 0 Å². The summed E-state index contributed by atoms with van der Waals surface area (Å²) in [6, 6.07) is 3.47. The molecule has 0 saturated carbocycles. The van der Waals surface area contributed by atoms with Crippen LogP contribution in [0.5, 0.6) is 0 Å². The van der Waals surface area contributed by atoms with Crippen molar-refractivity contribution >= 4 is 17.7 Å². The number of aromatic nitrogens is 3. The molecule has 1 aliphatic rings. The first-order valence-corrected chi connectivity index (χ1v) is 8.21. The Kier molecular flexibility index (Phi) is 4.69. The minimum absolute atomic E-state index is 0.113. The summed E-state index contributed by atoms with van der Waals surface area (Å²) in [6.07, 6.45) is 5.32. The molecule has 116 valence electrons. The second-order valence-electron chi connectivity index (χ2n) is 4.79. The Morgan fingerprint density at radius 1 is 1.55 bits per heavy atom. The van der Waals surface area contributed by atoms with E-state index in [2.05, 4.69) is 20.4 Å². The monoisotopic (exact) mass is 320 g/mol. The molecule has 0 aliphatic carbocycles. The molecule has 0 spiro atoms. The molecule has 0 bridgehead atoms. The number of hydrogen-bond acceptors (Lipinski definition) is 7. The summed E-state index contributed by atoms with van der Waals surface area (Å²) < 4.78 is 10.7. The van der Waals surface area contributed by atoms with Gasteiger partial charge in [0.05, 0.1) is 12.1 Å². The Balaban J connectivity index is 1.61. The highest BCUT2D eigenvalue weighted by molar-refractivity contribution is 7.98. The van der Waals surface area contributed by atoms with Crippen LogP contribution in [0, 0.1) is 0 Å². The van der Waals surface area contributed by atoms with E-state index in [0.717, 1.165) is 19.4 Å². The fraction of sp³-hybridized carbons (Fsp3) is 0.429. The van der Waals surface area contributed by atoms with Crippen molar-refractivity contribution in [2.24, 2.45) is 0 Å². The van der Waals surface area contributed by atoms with Gasteiger partial charge in [0.2, 0.25) is 0 Å². The predicted molar refractivity (Wildman–Crippen MR) is 79.4 cm³/mol. The van der Waals surface area contributed by atoms with E-state index in [1.165, 1.54) is 11.8 Å². The van der Waals surface area contributed by atoms with Crippen molar-refractivity contribution in [3.8, 4) is 0 Å². The lowest BCUT2D eigenvalue weighted by Crippen LogP contribution is -2.24. The molecule has 0 unspecified atom stereocenters. The van der Waals surface area contributed by atoms with E-state index in [4.69, 9.17) is 9.26 Å². The van der Waals surface area contributed by atoms with Crippen LogP contribution in [0.25, 0.3) is 0 Å². The highest BCUT2D eigenvalue weighted by Crippen LogP contribution is 2.26. The van der Waals surface area contributed by atoms with Gasteiger partial charge in [-0.15, -0.1) is 11.8 Å². The minimum Gasteiger partial charge on any atom is -0.368 e. The number of hydrogen-bond donors (Lipinski definition) is 1. The van der Waals surface area contributed by atoms with Gasteiger partial charge in [-0.25, -0.2) is 4.98 Å². The second kappa shape index (κ2) is 6.89. The summed E-state index contributed by atoms with van der Waals surface area (Å²) in [5, 5.41) is 7.33. The van der Waals surface area contributed by atoms with Gasteiger partial charge in [0.15, 0.2) is 5.82 Å². The molecule has 1 saturated heterocycles. The fourth-order valence-corrected chi connectivity index (χ4v) is 2.77. The van der Waals surface area contributed by atoms with E-state index < -0.39 is 0 Å². The lowest BCUT2D eigenvalue weighted by atomic mass is 10.2. The molecule has 22 heavy (non-hydrogen) atoms. The SMILES string of the molecule is CSc1ncccc1C(=O)NCc1noc([C@H]2CCCO2)n1. The molecule has 8 heteroatoms. The average Bonchev–Trinajstić information content (AvgIpc) is 3.23. The van der Waals surface area contributed by atoms with E-state index in [1.807, 2.05) is 6.26 Å². The van der Waals surface area contributed by atoms with Crippen molar-refractivity contribution in [3.05, 3.63) is 35.6 Å². The maximum absolute atomic E-state index is 12.2. The predicted octanol–water partition coefficient (Wildman–Crippen LogP) is 1.97. The van der Waals surface area contributed by atoms with E-state index in [1.54, 1.807) is 18.3 Å². The summed E-state index contributed by atoms with van der Waals surface area (Å²) in [5.41, 5.74) is 0.540. The number of pyridine rings is 1. The van der Waals surface area contributed by atoms with Crippen LogP contribution in [0.1, 0.15) is 41.0 Å². The Morgan fingerprint density at radius 2 is 2.45 bits per heavy atom. The van der Waals surface area contributed by atoms with Gasteiger partial charge in [-0.3, -0.25) is 4.79 Å². The molecule has 1 atom stereocenters. The Morgan fingerprint density at radius 3 is 3.23 bits per heavy atom. The van der Waals surface area contributed by atoms with Gasteiger partial charge in [0.1, 0.15) is 11.1 Å². The zero-order chi connectivity index (χ0) is 15.4. The van der Waals surface area contributed by atoms with Gasteiger partial charge >= 0.3 is 0 Å². The molecule has 2 aromatic rings. The number of nitrogens with one attached hydrogen (secondary N) is 1. The third kappa shape index (κ3) is 3.28.